The fraction of sp³-hybridized carbons (Fsp3) is 0.300. The van der Waals surface area contributed by atoms with Crippen molar-refractivity contribution >= 4 is 38.4 Å². The number of thioether (sulfide) groups is 1. The first-order valence-electron chi connectivity index (χ1n) is 9.04. The number of hydrogen-bond acceptors (Lipinski definition) is 5. The maximum atomic E-state index is 14.1. The molecule has 0 aliphatic carbocycles. The fourth-order valence-corrected chi connectivity index (χ4v) is 7.33. The minimum absolute atomic E-state index is 0.0148. The van der Waals surface area contributed by atoms with Crippen LogP contribution in [0.25, 0.3) is 0 Å². The number of benzene rings is 2. The molecule has 2 fully saturated rings. The van der Waals surface area contributed by atoms with E-state index >= 15 is 0 Å². The van der Waals surface area contributed by atoms with Gasteiger partial charge in [-0.05, 0) is 36.8 Å². The van der Waals surface area contributed by atoms with Crippen molar-refractivity contribution in [1.82, 2.24) is 0 Å². The van der Waals surface area contributed by atoms with Gasteiger partial charge in [0.05, 0.1) is 17.5 Å². The van der Waals surface area contributed by atoms with E-state index in [2.05, 4.69) is 4.99 Å². The van der Waals surface area contributed by atoms with Crippen LogP contribution in [0.15, 0.2) is 53.5 Å². The molecule has 0 spiro atoms. The van der Waals surface area contributed by atoms with Gasteiger partial charge in [-0.3, -0.25) is 4.79 Å². The summed E-state index contributed by atoms with van der Waals surface area (Å²) < 4.78 is 43.8. The summed E-state index contributed by atoms with van der Waals surface area (Å²) in [6.07, 6.45) is 0. The predicted octanol–water partition coefficient (Wildman–Crippen LogP) is 2.81. The topological polar surface area (TPSA) is 76.0 Å². The first-order valence-corrected chi connectivity index (χ1v) is 11.7. The molecule has 2 saturated heterocycles. The number of anilines is 1. The standard InChI is InChI=1S/C20H19FN2O4S2/c1-13-7-8-14(9-16(13)21)23-17-11-29(25,26)12-18(17)28-20(23)22-19(24)10-27-15-5-3-2-4-6-15/h2-9,17-18H,10-12H2,1H3. The number of fused-ring (bicyclic) bond motifs is 1. The van der Waals surface area contributed by atoms with E-state index < -0.39 is 21.6 Å². The predicted molar refractivity (Wildman–Crippen MR) is 112 cm³/mol. The van der Waals surface area contributed by atoms with E-state index in [0.29, 0.717) is 22.2 Å². The summed E-state index contributed by atoms with van der Waals surface area (Å²) in [4.78, 5) is 18.2. The molecule has 0 saturated carbocycles. The maximum absolute atomic E-state index is 14.1. The molecule has 6 nitrogen and oxygen atoms in total. The van der Waals surface area contributed by atoms with Crippen LogP contribution < -0.4 is 9.64 Å². The van der Waals surface area contributed by atoms with Crippen molar-refractivity contribution in [2.24, 2.45) is 4.99 Å². The summed E-state index contributed by atoms with van der Waals surface area (Å²) in [6, 6.07) is 13.2. The van der Waals surface area contributed by atoms with Gasteiger partial charge in [0.15, 0.2) is 21.6 Å². The van der Waals surface area contributed by atoms with Gasteiger partial charge in [0.25, 0.3) is 5.91 Å². The number of para-hydroxylation sites is 1. The lowest BCUT2D eigenvalue weighted by Gasteiger charge is -2.24. The lowest BCUT2D eigenvalue weighted by atomic mass is 10.1. The molecule has 2 atom stereocenters. The summed E-state index contributed by atoms with van der Waals surface area (Å²) in [7, 11) is -3.18. The van der Waals surface area contributed by atoms with Crippen LogP contribution >= 0.6 is 11.8 Å². The van der Waals surface area contributed by atoms with Gasteiger partial charge < -0.3 is 9.64 Å². The second-order valence-electron chi connectivity index (χ2n) is 6.99. The molecule has 2 unspecified atom stereocenters. The SMILES string of the molecule is Cc1ccc(N2C(=NC(=O)COc3ccccc3)SC3CS(=O)(=O)CC32)cc1F. The third-order valence-electron chi connectivity index (χ3n) is 4.83. The van der Waals surface area contributed by atoms with Gasteiger partial charge in [0.2, 0.25) is 0 Å². The summed E-state index contributed by atoms with van der Waals surface area (Å²) in [5.41, 5.74) is 0.975. The second-order valence-corrected chi connectivity index (χ2v) is 10.4. The Morgan fingerprint density at radius 2 is 2.00 bits per heavy atom. The zero-order chi connectivity index (χ0) is 20.6. The first-order chi connectivity index (χ1) is 13.8. The number of aliphatic imine (C=N–C) groups is 1. The van der Waals surface area contributed by atoms with Crippen molar-refractivity contribution in [2.45, 2.75) is 18.2 Å². The van der Waals surface area contributed by atoms with Crippen molar-refractivity contribution in [3.8, 4) is 5.75 Å². The Kier molecular flexibility index (Phi) is 5.35. The molecule has 4 rings (SSSR count). The van der Waals surface area contributed by atoms with E-state index in [-0.39, 0.29) is 29.4 Å². The normalized spacial score (nSPS) is 23.9. The van der Waals surface area contributed by atoms with Crippen LogP contribution in [-0.2, 0) is 14.6 Å². The van der Waals surface area contributed by atoms with Crippen LogP contribution in [0.1, 0.15) is 5.56 Å². The number of amidine groups is 1. The molecule has 9 heteroatoms. The molecule has 2 aromatic carbocycles. The minimum atomic E-state index is -3.18. The van der Waals surface area contributed by atoms with E-state index in [9.17, 15) is 17.6 Å². The van der Waals surface area contributed by atoms with Gasteiger partial charge >= 0.3 is 0 Å². The summed E-state index contributed by atoms with van der Waals surface area (Å²) in [5, 5.41) is 0.130. The highest BCUT2D eigenvalue weighted by Crippen LogP contribution is 2.41. The molecule has 29 heavy (non-hydrogen) atoms. The number of sulfone groups is 1. The number of carbonyl (C=O) groups excluding carboxylic acids is 1. The Bertz CT molecular complexity index is 1070. The highest BCUT2D eigenvalue weighted by atomic mass is 32.2. The fourth-order valence-electron chi connectivity index (χ4n) is 3.40. The third kappa shape index (κ3) is 4.30. The largest absolute Gasteiger partial charge is 0.484 e. The van der Waals surface area contributed by atoms with Crippen LogP contribution in [0.5, 0.6) is 5.75 Å². The molecule has 0 N–H and O–H groups in total. The number of ether oxygens (including phenoxy) is 1. The molecule has 0 radical (unpaired) electrons. The Hall–Kier alpha value is -2.39. The number of amides is 1. The molecule has 1 amide bonds. The van der Waals surface area contributed by atoms with Crippen molar-refractivity contribution in [1.29, 1.82) is 0 Å². The Labute approximate surface area is 172 Å². The number of carbonyl (C=O) groups is 1. The van der Waals surface area contributed by atoms with Crippen molar-refractivity contribution in [3.05, 3.63) is 59.9 Å². The van der Waals surface area contributed by atoms with Gasteiger partial charge in [-0.15, -0.1) is 0 Å². The zero-order valence-electron chi connectivity index (χ0n) is 15.6. The third-order valence-corrected chi connectivity index (χ3v) is 8.04. The van der Waals surface area contributed by atoms with Crippen LogP contribution in [0, 0.1) is 12.7 Å². The van der Waals surface area contributed by atoms with Crippen LogP contribution in [0.2, 0.25) is 0 Å². The van der Waals surface area contributed by atoms with E-state index in [1.165, 1.54) is 17.8 Å². The van der Waals surface area contributed by atoms with Crippen molar-refractivity contribution < 1.29 is 22.3 Å². The quantitative estimate of drug-likeness (QED) is 0.737. The van der Waals surface area contributed by atoms with E-state index in [1.807, 2.05) is 6.07 Å². The molecule has 2 aromatic rings. The molecule has 152 valence electrons. The smallest absolute Gasteiger partial charge is 0.285 e. The number of nitrogens with zero attached hydrogens (tertiary/aromatic N) is 2. The Morgan fingerprint density at radius 1 is 1.24 bits per heavy atom. The lowest BCUT2D eigenvalue weighted by Crippen LogP contribution is -2.38. The minimum Gasteiger partial charge on any atom is -0.484 e. The van der Waals surface area contributed by atoms with Crippen LogP contribution in [0.3, 0.4) is 0 Å². The first kappa shape index (κ1) is 19.9. The van der Waals surface area contributed by atoms with Gasteiger partial charge in [-0.1, -0.05) is 36.0 Å². The van der Waals surface area contributed by atoms with Crippen LogP contribution in [0.4, 0.5) is 10.1 Å². The molecule has 2 aliphatic heterocycles. The highest BCUT2D eigenvalue weighted by molar-refractivity contribution is 8.16. The van der Waals surface area contributed by atoms with Crippen LogP contribution in [-0.4, -0.2) is 48.9 Å². The highest BCUT2D eigenvalue weighted by Gasteiger charge is 2.49. The molecular formula is C20H19FN2O4S2. The van der Waals surface area contributed by atoms with E-state index in [1.54, 1.807) is 48.2 Å². The van der Waals surface area contributed by atoms with E-state index in [0.717, 1.165) is 0 Å². The number of rotatable bonds is 4. The Balaban J connectivity index is 1.59. The summed E-state index contributed by atoms with van der Waals surface area (Å²) >= 11 is 1.24. The van der Waals surface area contributed by atoms with Crippen molar-refractivity contribution in [2.75, 3.05) is 23.0 Å². The monoisotopic (exact) mass is 434 g/mol. The summed E-state index contributed by atoms with van der Waals surface area (Å²) in [6.45, 7) is 1.41. The lowest BCUT2D eigenvalue weighted by molar-refractivity contribution is -0.119. The second kappa shape index (κ2) is 7.79. The molecule has 0 aromatic heterocycles. The van der Waals surface area contributed by atoms with Gasteiger partial charge in [-0.2, -0.15) is 4.99 Å². The molecule has 0 bridgehead atoms. The molecule has 2 heterocycles. The Morgan fingerprint density at radius 3 is 2.72 bits per heavy atom. The molecule has 2 aliphatic rings. The zero-order valence-corrected chi connectivity index (χ0v) is 17.2. The van der Waals surface area contributed by atoms with Gasteiger partial charge in [-0.25, -0.2) is 12.8 Å². The maximum Gasteiger partial charge on any atom is 0.285 e. The number of hydrogen-bond donors (Lipinski definition) is 0. The average Bonchev–Trinajstić information content (AvgIpc) is 3.14. The average molecular weight is 435 g/mol. The van der Waals surface area contributed by atoms with E-state index in [4.69, 9.17) is 4.74 Å². The van der Waals surface area contributed by atoms with Crippen molar-refractivity contribution in [3.63, 3.8) is 0 Å². The van der Waals surface area contributed by atoms with Gasteiger partial charge in [0, 0.05) is 10.9 Å². The summed E-state index contributed by atoms with van der Waals surface area (Å²) in [5.74, 6) is -0.360. The number of halogens is 1. The number of aryl methyl sites for hydroxylation is 1. The van der Waals surface area contributed by atoms with Gasteiger partial charge in [0.1, 0.15) is 11.6 Å². The molecular weight excluding hydrogens is 415 g/mol.